The van der Waals surface area contributed by atoms with Gasteiger partial charge in [-0.2, -0.15) is 0 Å². The van der Waals surface area contributed by atoms with Crippen LogP contribution >= 0.6 is 11.8 Å². The van der Waals surface area contributed by atoms with Gasteiger partial charge in [-0.1, -0.05) is 13.8 Å². The van der Waals surface area contributed by atoms with E-state index in [1.165, 1.54) is 0 Å². The Hall–Kier alpha value is -0.770. The molecule has 0 spiro atoms. The van der Waals surface area contributed by atoms with Crippen LogP contribution in [0.25, 0.3) is 0 Å². The van der Waals surface area contributed by atoms with E-state index in [0.717, 1.165) is 35.4 Å². The lowest BCUT2D eigenvalue weighted by molar-refractivity contribution is 0.887. The van der Waals surface area contributed by atoms with Crippen LogP contribution in [0.5, 0.6) is 0 Å². The highest BCUT2D eigenvalue weighted by atomic mass is 32.2. The lowest BCUT2D eigenvalue weighted by Gasteiger charge is -2.06. The van der Waals surface area contributed by atoms with E-state index < -0.39 is 0 Å². The van der Waals surface area contributed by atoms with Crippen LogP contribution in [0, 0.1) is 0 Å². The highest BCUT2D eigenvalue weighted by molar-refractivity contribution is 7.99. The number of thioether (sulfide) groups is 1. The first kappa shape index (κ1) is 11.3. The van der Waals surface area contributed by atoms with Crippen LogP contribution < -0.4 is 5.32 Å². The van der Waals surface area contributed by atoms with Gasteiger partial charge in [0.1, 0.15) is 16.7 Å². The molecule has 1 aromatic heterocycles. The molecule has 1 aromatic rings. The molecule has 1 N–H and O–H groups in total. The van der Waals surface area contributed by atoms with Crippen molar-refractivity contribution in [3.05, 3.63) is 11.9 Å². The van der Waals surface area contributed by atoms with Crippen LogP contribution in [0.4, 0.5) is 5.82 Å². The van der Waals surface area contributed by atoms with E-state index in [9.17, 15) is 0 Å². The number of aryl methyl sites for hydroxylation is 1. The molecule has 4 heteroatoms. The highest BCUT2D eigenvalue weighted by Crippen LogP contribution is 2.18. The molecule has 0 aliphatic carbocycles. The minimum Gasteiger partial charge on any atom is -0.370 e. The maximum absolute atomic E-state index is 4.44. The fourth-order valence-corrected chi connectivity index (χ4v) is 1.79. The maximum atomic E-state index is 4.44. The molecule has 0 unspecified atom stereocenters. The fraction of sp³-hybridized carbons (Fsp3) is 0.600. The summed E-state index contributed by atoms with van der Waals surface area (Å²) >= 11 is 1.75. The Bertz CT molecular complexity index is 264. The van der Waals surface area contributed by atoms with Gasteiger partial charge in [-0.25, -0.2) is 9.97 Å². The topological polar surface area (TPSA) is 37.8 Å². The van der Waals surface area contributed by atoms with Crippen molar-refractivity contribution in [2.45, 2.75) is 32.2 Å². The molecule has 0 aliphatic heterocycles. The zero-order chi connectivity index (χ0) is 10.4. The van der Waals surface area contributed by atoms with Gasteiger partial charge in [0.15, 0.2) is 0 Å². The van der Waals surface area contributed by atoms with Gasteiger partial charge in [0.05, 0.1) is 0 Å². The molecular weight excluding hydrogens is 194 g/mol. The van der Waals surface area contributed by atoms with Crippen LogP contribution in [0.2, 0.25) is 0 Å². The van der Waals surface area contributed by atoms with E-state index in [-0.39, 0.29) is 0 Å². The fourth-order valence-electron chi connectivity index (χ4n) is 1.12. The number of rotatable bonds is 5. The Morgan fingerprint density at radius 2 is 2.07 bits per heavy atom. The predicted molar refractivity (Wildman–Crippen MR) is 62.0 cm³/mol. The van der Waals surface area contributed by atoms with Gasteiger partial charge in [-0.15, -0.1) is 11.8 Å². The van der Waals surface area contributed by atoms with Crippen molar-refractivity contribution in [3.63, 3.8) is 0 Å². The first-order chi connectivity index (χ1) is 6.80. The molecule has 0 radical (unpaired) electrons. The molecule has 0 saturated carbocycles. The van der Waals surface area contributed by atoms with Crippen LogP contribution in [-0.4, -0.2) is 22.3 Å². The van der Waals surface area contributed by atoms with Gasteiger partial charge in [-0.3, -0.25) is 0 Å². The third-order valence-corrected chi connectivity index (χ3v) is 2.51. The number of nitrogens with zero attached hydrogens (tertiary/aromatic N) is 2. The van der Waals surface area contributed by atoms with E-state index in [4.69, 9.17) is 0 Å². The van der Waals surface area contributed by atoms with Crippen molar-refractivity contribution >= 4 is 17.6 Å². The zero-order valence-electron chi connectivity index (χ0n) is 9.00. The number of nitrogens with one attached hydrogen (secondary N) is 1. The molecule has 0 fully saturated rings. The summed E-state index contributed by atoms with van der Waals surface area (Å²) in [6, 6.07) is 2.01. The molecule has 0 atom stereocenters. The lowest BCUT2D eigenvalue weighted by Crippen LogP contribution is -2.03. The van der Waals surface area contributed by atoms with E-state index in [2.05, 4.69) is 36.1 Å². The second-order valence-corrected chi connectivity index (χ2v) is 4.11. The molecule has 3 nitrogen and oxygen atoms in total. The molecule has 78 valence electrons. The molecular formula is C10H17N3S. The Balaban J connectivity index is 2.88. The monoisotopic (exact) mass is 211 g/mol. The van der Waals surface area contributed by atoms with Gasteiger partial charge in [-0.05, 0) is 12.7 Å². The number of hydrogen-bond acceptors (Lipinski definition) is 4. The molecule has 14 heavy (non-hydrogen) atoms. The van der Waals surface area contributed by atoms with Gasteiger partial charge >= 0.3 is 0 Å². The smallest absolute Gasteiger partial charge is 0.131 e. The molecule has 0 amide bonds. The second-order valence-electron chi connectivity index (χ2n) is 2.82. The van der Waals surface area contributed by atoms with Crippen molar-refractivity contribution in [2.75, 3.05) is 17.6 Å². The second kappa shape index (κ2) is 5.86. The number of hydrogen-bond donors (Lipinski definition) is 1. The summed E-state index contributed by atoms with van der Waals surface area (Å²) in [5.41, 5.74) is 0. The van der Waals surface area contributed by atoms with Gasteiger partial charge < -0.3 is 5.32 Å². The molecule has 0 saturated heterocycles. The Morgan fingerprint density at radius 1 is 1.29 bits per heavy atom. The minimum absolute atomic E-state index is 0.885. The van der Waals surface area contributed by atoms with Crippen molar-refractivity contribution < 1.29 is 0 Å². The lowest BCUT2D eigenvalue weighted by atomic mass is 10.4. The summed E-state index contributed by atoms with van der Waals surface area (Å²) in [6.45, 7) is 7.17. The summed E-state index contributed by atoms with van der Waals surface area (Å²) in [4.78, 5) is 8.82. The molecule has 1 heterocycles. The van der Waals surface area contributed by atoms with Crippen LogP contribution in [0.15, 0.2) is 11.1 Å². The SMILES string of the molecule is CCNc1cc(SCC)nc(CC)n1. The van der Waals surface area contributed by atoms with Gasteiger partial charge in [0.2, 0.25) is 0 Å². The molecule has 1 rings (SSSR count). The van der Waals surface area contributed by atoms with Gasteiger partial charge in [0, 0.05) is 19.0 Å². The number of aromatic nitrogens is 2. The van der Waals surface area contributed by atoms with E-state index in [0.29, 0.717) is 0 Å². The van der Waals surface area contributed by atoms with E-state index in [1.54, 1.807) is 11.8 Å². The largest absolute Gasteiger partial charge is 0.370 e. The standard InChI is InChI=1S/C10H17N3S/c1-4-8-12-9(11-5-2)7-10(13-8)14-6-3/h7H,4-6H2,1-3H3,(H,11,12,13). The molecule has 0 aliphatic rings. The van der Waals surface area contributed by atoms with Crippen molar-refractivity contribution in [1.29, 1.82) is 0 Å². The summed E-state index contributed by atoms with van der Waals surface area (Å²) in [5.74, 6) is 2.90. The average Bonchev–Trinajstić information content (AvgIpc) is 2.18. The van der Waals surface area contributed by atoms with Crippen LogP contribution in [-0.2, 0) is 6.42 Å². The summed E-state index contributed by atoms with van der Waals surface area (Å²) in [5, 5.41) is 4.28. The summed E-state index contributed by atoms with van der Waals surface area (Å²) < 4.78 is 0. The highest BCUT2D eigenvalue weighted by Gasteiger charge is 2.02. The molecule has 0 aromatic carbocycles. The van der Waals surface area contributed by atoms with E-state index >= 15 is 0 Å². The first-order valence-corrected chi connectivity index (χ1v) is 6.03. The maximum Gasteiger partial charge on any atom is 0.131 e. The summed E-state index contributed by atoms with van der Waals surface area (Å²) in [7, 11) is 0. The van der Waals surface area contributed by atoms with Gasteiger partial charge in [0.25, 0.3) is 0 Å². The van der Waals surface area contributed by atoms with E-state index in [1.807, 2.05) is 6.07 Å². The third kappa shape index (κ3) is 3.18. The van der Waals surface area contributed by atoms with Crippen LogP contribution in [0.1, 0.15) is 26.6 Å². The first-order valence-electron chi connectivity index (χ1n) is 5.04. The quantitative estimate of drug-likeness (QED) is 0.600. The third-order valence-electron chi connectivity index (χ3n) is 1.72. The summed E-state index contributed by atoms with van der Waals surface area (Å²) in [6.07, 6.45) is 0.885. The zero-order valence-corrected chi connectivity index (χ0v) is 9.82. The van der Waals surface area contributed by atoms with Crippen LogP contribution in [0.3, 0.4) is 0 Å². The van der Waals surface area contributed by atoms with Crippen molar-refractivity contribution in [1.82, 2.24) is 9.97 Å². The Labute approximate surface area is 89.7 Å². The number of anilines is 1. The van der Waals surface area contributed by atoms with Crippen molar-refractivity contribution in [2.24, 2.45) is 0 Å². The minimum atomic E-state index is 0.885. The normalized spacial score (nSPS) is 10.2. The molecule has 0 bridgehead atoms. The Morgan fingerprint density at radius 3 is 2.64 bits per heavy atom. The predicted octanol–water partition coefficient (Wildman–Crippen LogP) is 2.58. The Kier molecular flexibility index (Phi) is 4.73. The van der Waals surface area contributed by atoms with Crippen molar-refractivity contribution in [3.8, 4) is 0 Å². The average molecular weight is 211 g/mol.